The van der Waals surface area contributed by atoms with E-state index >= 15 is 0 Å². The van der Waals surface area contributed by atoms with E-state index in [9.17, 15) is 9.59 Å². The zero-order chi connectivity index (χ0) is 13.0. The number of hydrogen-bond acceptors (Lipinski definition) is 3. The molecule has 0 saturated carbocycles. The maximum absolute atomic E-state index is 11.7. The lowest BCUT2D eigenvalue weighted by atomic mass is 10.0. The monoisotopic (exact) mass is 366 g/mol. The number of ketones is 1. The Morgan fingerprint density at radius 2 is 2.12 bits per heavy atom. The van der Waals surface area contributed by atoms with E-state index in [0.29, 0.717) is 11.1 Å². The van der Waals surface area contributed by atoms with Gasteiger partial charge in [-0.15, -0.1) is 11.6 Å². The lowest BCUT2D eigenvalue weighted by molar-refractivity contribution is -0.116. The number of carbonyl (C=O) groups excluding carboxylic acids is 2. The van der Waals surface area contributed by atoms with E-state index in [1.807, 2.05) is 0 Å². The fourth-order valence-electron chi connectivity index (χ4n) is 1.36. The fourth-order valence-corrected chi connectivity index (χ4v) is 2.05. The van der Waals surface area contributed by atoms with Crippen LogP contribution in [0.25, 0.3) is 0 Å². The van der Waals surface area contributed by atoms with Gasteiger partial charge in [0, 0.05) is 3.57 Å². The molecule has 17 heavy (non-hydrogen) atoms. The van der Waals surface area contributed by atoms with Gasteiger partial charge in [-0.2, -0.15) is 0 Å². The van der Waals surface area contributed by atoms with E-state index in [4.69, 9.17) is 16.3 Å². The summed E-state index contributed by atoms with van der Waals surface area (Å²) in [5.74, 6) is -0.648. The number of esters is 1. The third kappa shape index (κ3) is 3.67. The molecule has 5 heteroatoms. The number of rotatable bonds is 4. The Labute approximate surface area is 119 Å². The highest BCUT2D eigenvalue weighted by atomic mass is 127. The van der Waals surface area contributed by atoms with Crippen LogP contribution in [0.5, 0.6) is 0 Å². The second-order valence-corrected chi connectivity index (χ2v) is 5.11. The third-order valence-electron chi connectivity index (χ3n) is 2.14. The molecule has 1 aromatic carbocycles. The van der Waals surface area contributed by atoms with Gasteiger partial charge in [0.2, 0.25) is 0 Å². The highest BCUT2D eigenvalue weighted by molar-refractivity contribution is 14.1. The van der Waals surface area contributed by atoms with Crippen LogP contribution in [-0.4, -0.2) is 18.4 Å². The number of alkyl halides is 1. The molecule has 0 aliphatic heterocycles. The summed E-state index contributed by atoms with van der Waals surface area (Å²) in [6.45, 7) is 3.41. The molecule has 0 N–H and O–H groups in total. The van der Waals surface area contributed by atoms with E-state index < -0.39 is 11.3 Å². The Morgan fingerprint density at radius 3 is 2.65 bits per heavy atom. The molecule has 1 unspecified atom stereocenters. The zero-order valence-corrected chi connectivity index (χ0v) is 12.4. The number of carbonyl (C=O) groups is 2. The molecular weight excluding hydrogens is 354 g/mol. The number of benzene rings is 1. The highest BCUT2D eigenvalue weighted by Gasteiger charge is 2.21. The van der Waals surface area contributed by atoms with Crippen molar-refractivity contribution < 1.29 is 14.3 Å². The molecule has 0 amide bonds. The van der Waals surface area contributed by atoms with E-state index in [0.717, 1.165) is 3.57 Å². The maximum atomic E-state index is 11.7. The van der Waals surface area contributed by atoms with E-state index in [1.54, 1.807) is 25.1 Å². The molecule has 0 saturated heterocycles. The van der Waals surface area contributed by atoms with Crippen LogP contribution >= 0.6 is 34.2 Å². The summed E-state index contributed by atoms with van der Waals surface area (Å²) in [5.41, 5.74) is 0.854. The molecule has 92 valence electrons. The Bertz CT molecular complexity index is 445. The van der Waals surface area contributed by atoms with Gasteiger partial charge in [-0.1, -0.05) is 0 Å². The average Bonchev–Trinajstić information content (AvgIpc) is 2.28. The van der Waals surface area contributed by atoms with Crippen LogP contribution in [-0.2, 0) is 9.53 Å². The van der Waals surface area contributed by atoms with Crippen LogP contribution in [0, 0.1) is 3.57 Å². The molecular formula is C12H12ClIO3. The van der Waals surface area contributed by atoms with Crippen molar-refractivity contribution in [1.29, 1.82) is 0 Å². The number of Topliss-reactive ketones (excluding diaryl/α,β-unsaturated/α-hetero) is 1. The second kappa shape index (κ2) is 6.35. The topological polar surface area (TPSA) is 43.4 Å². The van der Waals surface area contributed by atoms with Gasteiger partial charge in [-0.3, -0.25) is 4.79 Å². The lowest BCUT2D eigenvalue weighted by Crippen LogP contribution is -2.12. The van der Waals surface area contributed by atoms with Gasteiger partial charge in [0.05, 0.1) is 12.2 Å². The SMILES string of the molecule is CCOC(=O)c1ccc(I)cc1C(Cl)C(C)=O. The molecule has 0 aliphatic rings. The molecule has 1 atom stereocenters. The summed E-state index contributed by atoms with van der Waals surface area (Å²) in [6, 6.07) is 5.14. The predicted octanol–water partition coefficient (Wildman–Crippen LogP) is 3.34. The first-order valence-corrected chi connectivity index (χ1v) is 6.60. The quantitative estimate of drug-likeness (QED) is 0.466. The van der Waals surface area contributed by atoms with Gasteiger partial charge in [-0.25, -0.2) is 4.79 Å². The zero-order valence-electron chi connectivity index (χ0n) is 9.50. The van der Waals surface area contributed by atoms with Crippen molar-refractivity contribution in [3.05, 3.63) is 32.9 Å². The number of hydrogen-bond donors (Lipinski definition) is 0. The normalized spacial score (nSPS) is 12.0. The molecule has 1 aromatic rings. The largest absolute Gasteiger partial charge is 0.462 e. The van der Waals surface area contributed by atoms with Crippen LogP contribution in [0.1, 0.15) is 35.1 Å². The van der Waals surface area contributed by atoms with Gasteiger partial charge in [0.15, 0.2) is 5.78 Å². The van der Waals surface area contributed by atoms with Crippen LogP contribution in [0.2, 0.25) is 0 Å². The summed E-state index contributed by atoms with van der Waals surface area (Å²) < 4.78 is 5.84. The Hall–Kier alpha value is -0.620. The van der Waals surface area contributed by atoms with Gasteiger partial charge in [0.1, 0.15) is 5.38 Å². The second-order valence-electron chi connectivity index (χ2n) is 3.43. The van der Waals surface area contributed by atoms with Gasteiger partial charge >= 0.3 is 5.97 Å². The van der Waals surface area contributed by atoms with E-state index in [-0.39, 0.29) is 12.4 Å². The fraction of sp³-hybridized carbons (Fsp3) is 0.333. The molecule has 3 nitrogen and oxygen atoms in total. The summed E-state index contributed by atoms with van der Waals surface area (Å²) in [4.78, 5) is 23.0. The van der Waals surface area contributed by atoms with Crippen LogP contribution < -0.4 is 0 Å². The Kier molecular flexibility index (Phi) is 5.39. The Morgan fingerprint density at radius 1 is 1.47 bits per heavy atom. The standard InChI is InChI=1S/C12H12ClIO3/c1-3-17-12(16)9-5-4-8(14)6-10(9)11(13)7(2)15/h4-6,11H,3H2,1-2H3. The molecule has 0 aliphatic carbocycles. The van der Waals surface area contributed by atoms with Crippen molar-refractivity contribution in [2.24, 2.45) is 0 Å². The first-order chi connectivity index (χ1) is 7.97. The van der Waals surface area contributed by atoms with Crippen LogP contribution in [0.4, 0.5) is 0 Å². The van der Waals surface area contributed by atoms with E-state index in [1.165, 1.54) is 6.92 Å². The summed E-state index contributed by atoms with van der Waals surface area (Å²) in [6.07, 6.45) is 0. The number of ether oxygens (including phenoxy) is 1. The van der Waals surface area contributed by atoms with Gasteiger partial charge in [-0.05, 0) is 60.2 Å². The van der Waals surface area contributed by atoms with Crippen molar-refractivity contribution in [1.82, 2.24) is 0 Å². The molecule has 0 aromatic heterocycles. The summed E-state index contributed by atoms with van der Waals surface area (Å²) in [7, 11) is 0. The van der Waals surface area contributed by atoms with Crippen molar-refractivity contribution in [2.45, 2.75) is 19.2 Å². The lowest BCUT2D eigenvalue weighted by Gasteiger charge is -2.12. The molecule has 0 bridgehead atoms. The van der Waals surface area contributed by atoms with Crippen LogP contribution in [0.15, 0.2) is 18.2 Å². The van der Waals surface area contributed by atoms with Crippen LogP contribution in [0.3, 0.4) is 0 Å². The third-order valence-corrected chi connectivity index (χ3v) is 3.35. The molecule has 1 rings (SSSR count). The van der Waals surface area contributed by atoms with Crippen molar-refractivity contribution in [3.8, 4) is 0 Å². The maximum Gasteiger partial charge on any atom is 0.338 e. The molecule has 0 fully saturated rings. The minimum absolute atomic E-state index is 0.195. The highest BCUT2D eigenvalue weighted by Crippen LogP contribution is 2.27. The minimum atomic E-state index is -0.816. The van der Waals surface area contributed by atoms with E-state index in [2.05, 4.69) is 22.6 Å². The smallest absolute Gasteiger partial charge is 0.338 e. The van der Waals surface area contributed by atoms with Gasteiger partial charge in [0.25, 0.3) is 0 Å². The van der Waals surface area contributed by atoms with Gasteiger partial charge < -0.3 is 4.74 Å². The molecule has 0 heterocycles. The number of halogens is 2. The summed E-state index contributed by atoms with van der Waals surface area (Å²) >= 11 is 8.10. The molecule has 0 radical (unpaired) electrons. The predicted molar refractivity (Wildman–Crippen MR) is 74.4 cm³/mol. The first-order valence-electron chi connectivity index (χ1n) is 5.08. The first kappa shape index (κ1) is 14.4. The Balaban J connectivity index is 3.21. The van der Waals surface area contributed by atoms with Crippen molar-refractivity contribution in [3.63, 3.8) is 0 Å². The average molecular weight is 367 g/mol. The van der Waals surface area contributed by atoms with Crippen molar-refractivity contribution >= 4 is 45.9 Å². The minimum Gasteiger partial charge on any atom is -0.462 e. The van der Waals surface area contributed by atoms with Crippen molar-refractivity contribution in [2.75, 3.05) is 6.61 Å². The molecule has 0 spiro atoms. The summed E-state index contributed by atoms with van der Waals surface area (Å²) in [5, 5.41) is -0.816.